The van der Waals surface area contributed by atoms with Gasteiger partial charge < -0.3 is 9.47 Å². The molecule has 0 unspecified atom stereocenters. The smallest absolute Gasteiger partial charge is 0.333 e. The minimum atomic E-state index is -0.505. The number of hydrogen-bond donors (Lipinski definition) is 0. The summed E-state index contributed by atoms with van der Waals surface area (Å²) in [4.78, 5) is 24.4. The van der Waals surface area contributed by atoms with Crippen LogP contribution < -0.4 is 0 Å². The normalized spacial score (nSPS) is 40.0. The van der Waals surface area contributed by atoms with Gasteiger partial charge in [0.15, 0.2) is 0 Å². The standard InChI is InChI=1S/C30H40O4/c1-18-7-11-25(33-27(18)32)19(2)22-14-16-30(6)24-10-9-23-20(8-12-26(31)34-28(23,3)4)17-21(24)13-15-29(22,30)5/h7-8,12,17,19,22-23,25H,9-11,13-16H2,1-6H3/t19-,22-,23-,25+,29-,30+/m1/s1. The summed E-state index contributed by atoms with van der Waals surface area (Å²) >= 11 is 0. The second-order valence-electron chi connectivity index (χ2n) is 12.4. The fraction of sp³-hybridized carbons (Fsp3) is 0.667. The number of rotatable bonds is 2. The van der Waals surface area contributed by atoms with Gasteiger partial charge in [-0.3, -0.25) is 0 Å². The van der Waals surface area contributed by atoms with Crippen LogP contribution in [0.3, 0.4) is 0 Å². The molecule has 6 atom stereocenters. The molecule has 0 bridgehead atoms. The Morgan fingerprint density at radius 1 is 1.03 bits per heavy atom. The molecule has 34 heavy (non-hydrogen) atoms. The maximum Gasteiger partial charge on any atom is 0.333 e. The van der Waals surface area contributed by atoms with Crippen molar-refractivity contribution in [1.29, 1.82) is 0 Å². The molecule has 0 radical (unpaired) electrons. The Morgan fingerprint density at radius 2 is 1.79 bits per heavy atom. The Hall–Kier alpha value is -2.10. The van der Waals surface area contributed by atoms with Crippen molar-refractivity contribution in [3.63, 3.8) is 0 Å². The summed E-state index contributed by atoms with van der Waals surface area (Å²) in [6.45, 7) is 13.3. The summed E-state index contributed by atoms with van der Waals surface area (Å²) in [6.07, 6.45) is 15.6. The Morgan fingerprint density at radius 3 is 2.53 bits per heavy atom. The van der Waals surface area contributed by atoms with Crippen LogP contribution in [-0.2, 0) is 19.1 Å². The fourth-order valence-corrected chi connectivity index (χ4v) is 8.19. The highest BCUT2D eigenvalue weighted by molar-refractivity contribution is 5.88. The van der Waals surface area contributed by atoms with Crippen molar-refractivity contribution in [2.24, 2.45) is 28.6 Å². The third-order valence-corrected chi connectivity index (χ3v) is 10.5. The summed E-state index contributed by atoms with van der Waals surface area (Å²) in [5.74, 6) is 0.711. The molecule has 1 fully saturated rings. The second kappa shape index (κ2) is 7.96. The van der Waals surface area contributed by atoms with Gasteiger partial charge in [0.05, 0.1) is 0 Å². The molecule has 0 N–H and O–H groups in total. The van der Waals surface area contributed by atoms with Gasteiger partial charge in [0.1, 0.15) is 11.7 Å². The Kier molecular flexibility index (Phi) is 5.53. The predicted molar refractivity (Wildman–Crippen MR) is 133 cm³/mol. The van der Waals surface area contributed by atoms with Crippen molar-refractivity contribution in [3.05, 3.63) is 46.6 Å². The van der Waals surface area contributed by atoms with Crippen molar-refractivity contribution in [1.82, 2.24) is 0 Å². The van der Waals surface area contributed by atoms with Crippen LogP contribution in [0.25, 0.3) is 0 Å². The van der Waals surface area contributed by atoms with Crippen LogP contribution in [-0.4, -0.2) is 23.6 Å². The molecule has 5 aliphatic rings. The van der Waals surface area contributed by atoms with Crippen molar-refractivity contribution >= 4 is 11.9 Å². The van der Waals surface area contributed by atoms with Gasteiger partial charge in [-0.2, -0.15) is 0 Å². The van der Waals surface area contributed by atoms with Gasteiger partial charge in [0, 0.05) is 24.0 Å². The molecule has 0 saturated heterocycles. The van der Waals surface area contributed by atoms with Crippen molar-refractivity contribution in [2.45, 2.75) is 98.2 Å². The molecule has 0 aromatic rings. The molecule has 1 saturated carbocycles. The minimum absolute atomic E-state index is 0.0146. The summed E-state index contributed by atoms with van der Waals surface area (Å²) in [5.41, 5.74) is 4.93. The topological polar surface area (TPSA) is 52.6 Å². The van der Waals surface area contributed by atoms with Crippen LogP contribution in [0.5, 0.6) is 0 Å². The third kappa shape index (κ3) is 3.46. The van der Waals surface area contributed by atoms with Gasteiger partial charge in [0.2, 0.25) is 0 Å². The molecule has 0 spiro atoms. The van der Waals surface area contributed by atoms with Gasteiger partial charge in [-0.15, -0.1) is 0 Å². The van der Waals surface area contributed by atoms with Crippen LogP contribution in [0, 0.1) is 28.6 Å². The highest BCUT2D eigenvalue weighted by Gasteiger charge is 2.60. The molecular formula is C30H40O4. The summed E-state index contributed by atoms with van der Waals surface area (Å²) in [6, 6.07) is 0. The average molecular weight is 465 g/mol. The lowest BCUT2D eigenvalue weighted by Gasteiger charge is -2.52. The third-order valence-electron chi connectivity index (χ3n) is 10.5. The number of carbonyl (C=O) groups excluding carboxylic acids is 2. The quantitative estimate of drug-likeness (QED) is 0.431. The molecule has 2 aliphatic heterocycles. The summed E-state index contributed by atoms with van der Waals surface area (Å²) in [5, 5.41) is 0. The first-order valence-electron chi connectivity index (χ1n) is 13.2. The first-order chi connectivity index (χ1) is 16.0. The molecular weight excluding hydrogens is 424 g/mol. The Labute approximate surface area is 204 Å². The van der Waals surface area contributed by atoms with E-state index < -0.39 is 5.60 Å². The van der Waals surface area contributed by atoms with E-state index in [1.807, 2.05) is 13.0 Å². The van der Waals surface area contributed by atoms with E-state index in [-0.39, 0.29) is 34.8 Å². The minimum Gasteiger partial charge on any atom is -0.458 e. The number of fused-ring (bicyclic) bond motifs is 3. The largest absolute Gasteiger partial charge is 0.458 e. The molecule has 4 nitrogen and oxygen atoms in total. The first kappa shape index (κ1) is 23.6. The summed E-state index contributed by atoms with van der Waals surface area (Å²) in [7, 11) is 0. The molecule has 0 amide bonds. The van der Waals surface area contributed by atoms with Crippen LogP contribution in [0.2, 0.25) is 0 Å². The van der Waals surface area contributed by atoms with Gasteiger partial charge in [0.25, 0.3) is 0 Å². The number of cyclic esters (lactones) is 2. The molecule has 4 heteroatoms. The van der Waals surface area contributed by atoms with Gasteiger partial charge >= 0.3 is 11.9 Å². The zero-order valence-electron chi connectivity index (χ0n) is 21.7. The van der Waals surface area contributed by atoms with Gasteiger partial charge in [-0.25, -0.2) is 9.59 Å². The zero-order valence-corrected chi connectivity index (χ0v) is 21.7. The predicted octanol–water partition coefficient (Wildman–Crippen LogP) is 6.63. The molecule has 0 aromatic heterocycles. The Bertz CT molecular complexity index is 1040. The SMILES string of the molecule is CC1=CC[C@@H]([C@H](C)[C@H]2CC[C@@]3(C)C4=C(C=C5C=CC(=O)OC(C)(C)[C@@H]5CC4)CC[C@]23C)OC1=O. The monoisotopic (exact) mass is 464 g/mol. The van der Waals surface area contributed by atoms with Crippen molar-refractivity contribution in [3.8, 4) is 0 Å². The maximum absolute atomic E-state index is 12.3. The highest BCUT2D eigenvalue weighted by Crippen LogP contribution is 2.68. The van der Waals surface area contributed by atoms with E-state index in [4.69, 9.17) is 9.47 Å². The lowest BCUT2D eigenvalue weighted by atomic mass is 9.52. The number of ether oxygens (including phenoxy) is 2. The highest BCUT2D eigenvalue weighted by atomic mass is 16.6. The zero-order chi connectivity index (χ0) is 24.5. The van der Waals surface area contributed by atoms with Crippen LogP contribution in [0.15, 0.2) is 46.6 Å². The Balaban J connectivity index is 1.47. The van der Waals surface area contributed by atoms with Gasteiger partial charge in [-0.1, -0.05) is 44.6 Å². The molecule has 184 valence electrons. The van der Waals surface area contributed by atoms with E-state index >= 15 is 0 Å². The average Bonchev–Trinajstić information content (AvgIpc) is 2.88. The van der Waals surface area contributed by atoms with E-state index in [0.29, 0.717) is 11.8 Å². The molecule has 2 heterocycles. The number of carbonyl (C=O) groups is 2. The van der Waals surface area contributed by atoms with Crippen LogP contribution in [0.4, 0.5) is 0 Å². The van der Waals surface area contributed by atoms with E-state index in [9.17, 15) is 9.59 Å². The molecule has 3 aliphatic carbocycles. The number of hydrogen-bond acceptors (Lipinski definition) is 4. The second-order valence-corrected chi connectivity index (χ2v) is 12.4. The fourth-order valence-electron chi connectivity index (χ4n) is 8.19. The van der Waals surface area contributed by atoms with Crippen LogP contribution >= 0.6 is 0 Å². The lowest BCUT2D eigenvalue weighted by molar-refractivity contribution is -0.153. The first-order valence-corrected chi connectivity index (χ1v) is 13.2. The lowest BCUT2D eigenvalue weighted by Crippen LogP contribution is -2.46. The van der Waals surface area contributed by atoms with E-state index in [0.717, 1.165) is 37.7 Å². The van der Waals surface area contributed by atoms with Crippen molar-refractivity contribution < 1.29 is 19.1 Å². The van der Waals surface area contributed by atoms with Crippen molar-refractivity contribution in [2.75, 3.05) is 0 Å². The van der Waals surface area contributed by atoms with Gasteiger partial charge in [-0.05, 0) is 93.1 Å². The number of allylic oxidation sites excluding steroid dienone is 4. The van der Waals surface area contributed by atoms with Crippen LogP contribution in [0.1, 0.15) is 86.5 Å². The summed E-state index contributed by atoms with van der Waals surface area (Å²) < 4.78 is 11.7. The van der Waals surface area contributed by atoms with E-state index in [1.54, 1.807) is 11.6 Å². The maximum atomic E-state index is 12.3. The molecule has 0 aromatic carbocycles. The van der Waals surface area contributed by atoms with E-state index in [2.05, 4.69) is 46.8 Å². The van der Waals surface area contributed by atoms with E-state index in [1.165, 1.54) is 24.0 Å². The molecule has 5 rings (SSSR count). The number of esters is 2.